The molecule has 0 saturated carbocycles. The highest BCUT2D eigenvalue weighted by Crippen LogP contribution is 2.22. The smallest absolute Gasteiger partial charge is 0.337 e. The van der Waals surface area contributed by atoms with E-state index in [4.69, 9.17) is 10.8 Å². The quantitative estimate of drug-likeness (QED) is 0.774. The standard InChI is InChI=1S/C13H17BrN2O3/c1-3-7(2)11(15)12(17)16-10-6-8(14)4-5-9(10)13(18)19/h4-7,11H,3,15H2,1-2H3,(H,16,17)(H,18,19)/t7?,11-/m0/s1. The molecule has 5 nitrogen and oxygen atoms in total. The molecule has 0 aliphatic carbocycles. The lowest BCUT2D eigenvalue weighted by molar-refractivity contribution is -0.118. The topological polar surface area (TPSA) is 92.4 Å². The van der Waals surface area contributed by atoms with Gasteiger partial charge in [-0.3, -0.25) is 4.79 Å². The molecule has 0 saturated heterocycles. The summed E-state index contributed by atoms with van der Waals surface area (Å²) in [5.41, 5.74) is 6.09. The van der Waals surface area contributed by atoms with Crippen LogP contribution >= 0.6 is 15.9 Å². The summed E-state index contributed by atoms with van der Waals surface area (Å²) in [7, 11) is 0. The second kappa shape index (κ2) is 6.68. The maximum atomic E-state index is 12.0. The molecule has 0 heterocycles. The Morgan fingerprint density at radius 3 is 2.63 bits per heavy atom. The predicted molar refractivity (Wildman–Crippen MR) is 77.2 cm³/mol. The molecule has 0 spiro atoms. The zero-order chi connectivity index (χ0) is 14.6. The zero-order valence-corrected chi connectivity index (χ0v) is 12.4. The fourth-order valence-corrected chi connectivity index (χ4v) is 1.90. The van der Waals surface area contributed by atoms with E-state index in [0.29, 0.717) is 4.47 Å². The summed E-state index contributed by atoms with van der Waals surface area (Å²) in [5, 5.41) is 11.6. The number of hydrogen-bond donors (Lipinski definition) is 3. The molecule has 2 atom stereocenters. The van der Waals surface area contributed by atoms with Crippen molar-refractivity contribution in [3.05, 3.63) is 28.2 Å². The average molecular weight is 329 g/mol. The second-order valence-corrected chi connectivity index (χ2v) is 5.31. The van der Waals surface area contributed by atoms with Crippen LogP contribution in [-0.4, -0.2) is 23.0 Å². The minimum absolute atomic E-state index is 0.0282. The van der Waals surface area contributed by atoms with Crippen molar-refractivity contribution in [3.63, 3.8) is 0 Å². The molecule has 0 aliphatic rings. The van der Waals surface area contributed by atoms with Crippen LogP contribution in [0.15, 0.2) is 22.7 Å². The molecule has 0 bridgehead atoms. The van der Waals surface area contributed by atoms with Gasteiger partial charge in [-0.15, -0.1) is 0 Å². The van der Waals surface area contributed by atoms with E-state index in [0.717, 1.165) is 6.42 Å². The summed E-state index contributed by atoms with van der Waals surface area (Å²) in [4.78, 5) is 23.0. The van der Waals surface area contributed by atoms with Crippen molar-refractivity contribution in [2.45, 2.75) is 26.3 Å². The van der Waals surface area contributed by atoms with Crippen molar-refractivity contribution in [1.29, 1.82) is 0 Å². The fraction of sp³-hybridized carbons (Fsp3) is 0.385. The zero-order valence-electron chi connectivity index (χ0n) is 10.8. The summed E-state index contributed by atoms with van der Waals surface area (Å²) in [5.74, 6) is -1.45. The maximum Gasteiger partial charge on any atom is 0.337 e. The van der Waals surface area contributed by atoms with Crippen LogP contribution in [-0.2, 0) is 4.79 Å². The molecule has 1 aromatic carbocycles. The van der Waals surface area contributed by atoms with E-state index in [-0.39, 0.29) is 23.1 Å². The number of carbonyl (C=O) groups excluding carboxylic acids is 1. The van der Waals surface area contributed by atoms with Crippen molar-refractivity contribution in [1.82, 2.24) is 0 Å². The molecule has 0 aromatic heterocycles. The number of aromatic carboxylic acids is 1. The van der Waals surface area contributed by atoms with Crippen LogP contribution in [0.3, 0.4) is 0 Å². The first-order valence-corrected chi connectivity index (χ1v) is 6.75. The molecule has 1 unspecified atom stereocenters. The summed E-state index contributed by atoms with van der Waals surface area (Å²) in [6.45, 7) is 3.82. The van der Waals surface area contributed by atoms with E-state index in [1.165, 1.54) is 6.07 Å². The molecule has 0 fully saturated rings. The van der Waals surface area contributed by atoms with Gasteiger partial charge in [-0.05, 0) is 24.1 Å². The molecule has 4 N–H and O–H groups in total. The molecular weight excluding hydrogens is 312 g/mol. The molecule has 19 heavy (non-hydrogen) atoms. The highest BCUT2D eigenvalue weighted by Gasteiger charge is 2.21. The number of carbonyl (C=O) groups is 2. The highest BCUT2D eigenvalue weighted by atomic mass is 79.9. The lowest BCUT2D eigenvalue weighted by Crippen LogP contribution is -2.40. The molecule has 1 rings (SSSR count). The summed E-state index contributed by atoms with van der Waals surface area (Å²) < 4.78 is 0.685. The number of carboxylic acids is 1. The number of amides is 1. The first-order chi connectivity index (χ1) is 8.86. The number of carboxylic acid groups (broad SMARTS) is 1. The third-order valence-corrected chi connectivity index (χ3v) is 3.52. The number of nitrogens with one attached hydrogen (secondary N) is 1. The first-order valence-electron chi connectivity index (χ1n) is 5.96. The van der Waals surface area contributed by atoms with Crippen molar-refractivity contribution < 1.29 is 14.7 Å². The van der Waals surface area contributed by atoms with Gasteiger partial charge >= 0.3 is 5.97 Å². The van der Waals surface area contributed by atoms with Crippen LogP contribution in [0, 0.1) is 5.92 Å². The monoisotopic (exact) mass is 328 g/mol. The van der Waals surface area contributed by atoms with E-state index in [2.05, 4.69) is 21.2 Å². The fourth-order valence-electron chi connectivity index (χ4n) is 1.53. The van der Waals surface area contributed by atoms with Gasteiger partial charge in [-0.2, -0.15) is 0 Å². The summed E-state index contributed by atoms with van der Waals surface area (Å²) in [6, 6.07) is 3.92. The number of anilines is 1. The Hall–Kier alpha value is -1.40. The van der Waals surface area contributed by atoms with Crippen molar-refractivity contribution in [2.75, 3.05) is 5.32 Å². The highest BCUT2D eigenvalue weighted by molar-refractivity contribution is 9.10. The molecule has 1 amide bonds. The number of hydrogen-bond acceptors (Lipinski definition) is 3. The minimum atomic E-state index is -1.10. The maximum absolute atomic E-state index is 12.0. The Bertz CT molecular complexity index is 491. The van der Waals surface area contributed by atoms with Gasteiger partial charge in [-0.1, -0.05) is 36.2 Å². The first kappa shape index (κ1) is 15.7. The van der Waals surface area contributed by atoms with Gasteiger partial charge in [0, 0.05) is 4.47 Å². The normalized spacial score (nSPS) is 13.7. The number of halogens is 1. The van der Waals surface area contributed by atoms with E-state index in [1.807, 2.05) is 13.8 Å². The van der Waals surface area contributed by atoms with Crippen LogP contribution in [0.1, 0.15) is 30.6 Å². The molecule has 104 valence electrons. The summed E-state index contributed by atoms with van der Waals surface area (Å²) in [6.07, 6.45) is 0.777. The van der Waals surface area contributed by atoms with Crippen LogP contribution in [0.25, 0.3) is 0 Å². The Morgan fingerprint density at radius 2 is 2.11 bits per heavy atom. The molecule has 1 aromatic rings. The Labute approximate surface area is 120 Å². The van der Waals surface area contributed by atoms with Gasteiger partial charge in [0.15, 0.2) is 0 Å². The Morgan fingerprint density at radius 1 is 1.47 bits per heavy atom. The van der Waals surface area contributed by atoms with E-state index in [9.17, 15) is 9.59 Å². The molecule has 6 heteroatoms. The van der Waals surface area contributed by atoms with Crippen molar-refractivity contribution in [3.8, 4) is 0 Å². The lowest BCUT2D eigenvalue weighted by atomic mass is 9.99. The van der Waals surface area contributed by atoms with Gasteiger partial charge in [-0.25, -0.2) is 4.79 Å². The van der Waals surface area contributed by atoms with Crippen molar-refractivity contribution >= 4 is 33.5 Å². The van der Waals surface area contributed by atoms with Gasteiger partial charge in [0.25, 0.3) is 0 Å². The molecular formula is C13H17BrN2O3. The van der Waals surface area contributed by atoms with E-state index in [1.54, 1.807) is 12.1 Å². The Balaban J connectivity index is 2.95. The third-order valence-electron chi connectivity index (χ3n) is 3.03. The minimum Gasteiger partial charge on any atom is -0.478 e. The van der Waals surface area contributed by atoms with Crippen LogP contribution in [0.4, 0.5) is 5.69 Å². The lowest BCUT2D eigenvalue weighted by Gasteiger charge is -2.18. The van der Waals surface area contributed by atoms with Gasteiger partial charge < -0.3 is 16.2 Å². The average Bonchev–Trinajstić information content (AvgIpc) is 2.36. The van der Waals surface area contributed by atoms with Gasteiger partial charge in [0.2, 0.25) is 5.91 Å². The van der Waals surface area contributed by atoms with Crippen LogP contribution < -0.4 is 11.1 Å². The number of nitrogens with two attached hydrogens (primary N) is 1. The number of benzene rings is 1. The molecule has 0 radical (unpaired) electrons. The van der Waals surface area contributed by atoms with E-state index >= 15 is 0 Å². The van der Waals surface area contributed by atoms with Crippen molar-refractivity contribution in [2.24, 2.45) is 11.7 Å². The van der Waals surface area contributed by atoms with Gasteiger partial charge in [0.05, 0.1) is 17.3 Å². The largest absolute Gasteiger partial charge is 0.478 e. The summed E-state index contributed by atoms with van der Waals surface area (Å²) >= 11 is 3.24. The van der Waals surface area contributed by atoms with Gasteiger partial charge in [0.1, 0.15) is 0 Å². The van der Waals surface area contributed by atoms with E-state index < -0.39 is 12.0 Å². The second-order valence-electron chi connectivity index (χ2n) is 4.40. The predicted octanol–water partition coefficient (Wildman–Crippen LogP) is 2.46. The Kier molecular flexibility index (Phi) is 5.50. The SMILES string of the molecule is CCC(C)[C@H](N)C(=O)Nc1cc(Br)ccc1C(=O)O. The van der Waals surface area contributed by atoms with Crippen LogP contribution in [0.2, 0.25) is 0 Å². The third kappa shape index (κ3) is 4.04. The molecule has 0 aliphatic heterocycles. The number of rotatable bonds is 5. The van der Waals surface area contributed by atoms with Crippen LogP contribution in [0.5, 0.6) is 0 Å².